The molecule has 0 unspecified atom stereocenters. The minimum Gasteiger partial charge on any atom is -0.408 e. The lowest BCUT2D eigenvalue weighted by atomic mass is 10.3. The number of nitrogens with zero attached hydrogens (tertiary/aromatic N) is 1. The van der Waals surface area contributed by atoms with Crippen LogP contribution in [0.1, 0.15) is 4.88 Å². The molecule has 5 nitrogen and oxygen atoms in total. The molecule has 0 radical (unpaired) electrons. The Bertz CT molecular complexity index is 849. The van der Waals surface area contributed by atoms with Crippen LogP contribution in [-0.4, -0.2) is 10.5 Å². The first-order valence-electron chi connectivity index (χ1n) is 6.23. The van der Waals surface area contributed by atoms with Gasteiger partial charge in [-0.3, -0.25) is 9.36 Å². The van der Waals surface area contributed by atoms with Crippen molar-refractivity contribution < 1.29 is 9.21 Å². The second-order valence-corrected chi connectivity index (χ2v) is 6.95. The molecule has 2 aromatic heterocycles. The van der Waals surface area contributed by atoms with E-state index in [9.17, 15) is 9.59 Å². The maximum Gasteiger partial charge on any atom is 0.420 e. The van der Waals surface area contributed by atoms with Gasteiger partial charge in [-0.15, -0.1) is 11.3 Å². The zero-order chi connectivity index (χ0) is 14.8. The number of carbonyl (C=O) groups is 1. The summed E-state index contributed by atoms with van der Waals surface area (Å²) in [5.41, 5.74) is 1.11. The van der Waals surface area contributed by atoms with E-state index in [1.807, 2.05) is 12.1 Å². The number of benzene rings is 1. The molecule has 1 N–H and O–H groups in total. The normalized spacial score (nSPS) is 10.9. The summed E-state index contributed by atoms with van der Waals surface area (Å²) in [6.45, 7) is 0.391. The highest BCUT2D eigenvalue weighted by atomic mass is 79.9. The molecular formula is C14H11BrN2O3S. The monoisotopic (exact) mass is 366 g/mol. The number of fused-ring (bicyclic) bond motifs is 1. The number of hydrogen-bond donors (Lipinski definition) is 1. The van der Waals surface area contributed by atoms with E-state index in [0.29, 0.717) is 17.6 Å². The second-order valence-electron chi connectivity index (χ2n) is 4.40. The predicted octanol–water partition coefficient (Wildman–Crippen LogP) is 2.73. The molecule has 3 rings (SSSR count). The highest BCUT2D eigenvalue weighted by molar-refractivity contribution is 9.11. The number of oxazole rings is 1. The van der Waals surface area contributed by atoms with Crippen molar-refractivity contribution in [3.63, 3.8) is 0 Å². The van der Waals surface area contributed by atoms with Gasteiger partial charge in [-0.2, -0.15) is 0 Å². The fourth-order valence-corrected chi connectivity index (χ4v) is 3.42. The number of rotatable bonds is 4. The molecule has 0 spiro atoms. The molecule has 0 aliphatic carbocycles. The van der Waals surface area contributed by atoms with Gasteiger partial charge < -0.3 is 9.73 Å². The third kappa shape index (κ3) is 3.08. The summed E-state index contributed by atoms with van der Waals surface area (Å²) in [7, 11) is 0. The number of hydrogen-bond acceptors (Lipinski definition) is 4. The zero-order valence-corrected chi connectivity index (χ0v) is 13.2. The van der Waals surface area contributed by atoms with Crippen LogP contribution >= 0.6 is 27.3 Å². The summed E-state index contributed by atoms with van der Waals surface area (Å²) in [5.74, 6) is -0.751. The highest BCUT2D eigenvalue weighted by Crippen LogP contribution is 2.21. The van der Waals surface area contributed by atoms with Crippen LogP contribution in [-0.2, 0) is 17.9 Å². The average Bonchev–Trinajstić information content (AvgIpc) is 3.01. The Kier molecular flexibility index (Phi) is 3.94. The van der Waals surface area contributed by atoms with Crippen LogP contribution in [0.3, 0.4) is 0 Å². The topological polar surface area (TPSA) is 64.2 Å². The fourth-order valence-electron chi connectivity index (χ4n) is 2.00. The molecule has 7 heteroatoms. The molecule has 0 fully saturated rings. The van der Waals surface area contributed by atoms with Gasteiger partial charge in [0.05, 0.1) is 15.8 Å². The summed E-state index contributed by atoms with van der Waals surface area (Å²) in [5, 5.41) is 2.79. The van der Waals surface area contributed by atoms with E-state index in [1.54, 1.807) is 35.6 Å². The van der Waals surface area contributed by atoms with Gasteiger partial charge in [0.15, 0.2) is 5.58 Å². The van der Waals surface area contributed by atoms with E-state index < -0.39 is 5.76 Å². The van der Waals surface area contributed by atoms with Gasteiger partial charge in [0, 0.05) is 4.88 Å². The van der Waals surface area contributed by atoms with E-state index in [-0.39, 0.29) is 12.5 Å². The van der Waals surface area contributed by atoms with Crippen molar-refractivity contribution in [1.82, 2.24) is 9.88 Å². The van der Waals surface area contributed by atoms with Crippen molar-refractivity contribution in [1.29, 1.82) is 0 Å². The maximum absolute atomic E-state index is 12.0. The van der Waals surface area contributed by atoms with E-state index in [0.717, 1.165) is 8.66 Å². The first-order valence-corrected chi connectivity index (χ1v) is 7.84. The molecule has 1 amide bonds. The summed E-state index contributed by atoms with van der Waals surface area (Å²) in [6, 6.07) is 10.9. The Morgan fingerprint density at radius 2 is 2.10 bits per heavy atom. The largest absolute Gasteiger partial charge is 0.420 e. The number of para-hydroxylation sites is 2. The summed E-state index contributed by atoms with van der Waals surface area (Å²) >= 11 is 4.93. The van der Waals surface area contributed by atoms with E-state index in [2.05, 4.69) is 21.2 Å². The number of halogens is 1. The van der Waals surface area contributed by atoms with Crippen molar-refractivity contribution in [2.45, 2.75) is 13.1 Å². The minimum absolute atomic E-state index is 0.0532. The number of nitrogens with one attached hydrogen (secondary N) is 1. The third-order valence-electron chi connectivity index (χ3n) is 2.96. The molecule has 0 saturated carbocycles. The Morgan fingerprint density at radius 3 is 2.86 bits per heavy atom. The molecule has 0 bridgehead atoms. The lowest BCUT2D eigenvalue weighted by Gasteiger charge is -2.04. The molecule has 21 heavy (non-hydrogen) atoms. The van der Waals surface area contributed by atoms with Crippen LogP contribution in [0.25, 0.3) is 11.1 Å². The van der Waals surface area contributed by atoms with Crippen LogP contribution in [0.5, 0.6) is 0 Å². The molecule has 1 aromatic carbocycles. The molecule has 0 aliphatic rings. The second kappa shape index (κ2) is 5.87. The van der Waals surface area contributed by atoms with Crippen molar-refractivity contribution >= 4 is 44.3 Å². The van der Waals surface area contributed by atoms with E-state index in [4.69, 9.17) is 4.42 Å². The Morgan fingerprint density at radius 1 is 1.29 bits per heavy atom. The van der Waals surface area contributed by atoms with E-state index in [1.165, 1.54) is 4.57 Å². The third-order valence-corrected chi connectivity index (χ3v) is 4.59. The molecule has 0 aliphatic heterocycles. The van der Waals surface area contributed by atoms with Gasteiger partial charge in [-0.05, 0) is 40.2 Å². The highest BCUT2D eigenvalue weighted by Gasteiger charge is 2.12. The quantitative estimate of drug-likeness (QED) is 0.771. The van der Waals surface area contributed by atoms with Gasteiger partial charge in [0.1, 0.15) is 6.54 Å². The van der Waals surface area contributed by atoms with Crippen LogP contribution < -0.4 is 11.1 Å². The average molecular weight is 367 g/mol. The van der Waals surface area contributed by atoms with Crippen molar-refractivity contribution in [3.8, 4) is 0 Å². The first kappa shape index (κ1) is 14.1. The van der Waals surface area contributed by atoms with E-state index >= 15 is 0 Å². The Balaban J connectivity index is 1.71. The predicted molar refractivity (Wildman–Crippen MR) is 84.3 cm³/mol. The lowest BCUT2D eigenvalue weighted by molar-refractivity contribution is -0.121. The molecule has 3 aromatic rings. The number of carbonyl (C=O) groups excluding carboxylic acids is 1. The zero-order valence-electron chi connectivity index (χ0n) is 10.8. The van der Waals surface area contributed by atoms with Crippen molar-refractivity contribution in [3.05, 3.63) is 55.6 Å². The smallest absolute Gasteiger partial charge is 0.408 e. The van der Waals surface area contributed by atoms with Crippen LogP contribution in [0.2, 0.25) is 0 Å². The van der Waals surface area contributed by atoms with Crippen molar-refractivity contribution in [2.75, 3.05) is 0 Å². The molecule has 0 atom stereocenters. The first-order chi connectivity index (χ1) is 10.1. The number of thiophene rings is 1. The Hall–Kier alpha value is -1.86. The summed E-state index contributed by atoms with van der Waals surface area (Å²) < 4.78 is 7.44. The van der Waals surface area contributed by atoms with Gasteiger partial charge in [0.25, 0.3) is 0 Å². The van der Waals surface area contributed by atoms with Crippen LogP contribution in [0, 0.1) is 0 Å². The summed E-state index contributed by atoms with van der Waals surface area (Å²) in [6.07, 6.45) is 0. The number of aromatic nitrogens is 1. The Labute approximate surface area is 132 Å². The van der Waals surface area contributed by atoms with Crippen LogP contribution in [0.15, 0.2) is 49.4 Å². The maximum atomic E-state index is 12.0. The van der Waals surface area contributed by atoms with Gasteiger partial charge in [-0.1, -0.05) is 12.1 Å². The lowest BCUT2D eigenvalue weighted by Crippen LogP contribution is -2.30. The van der Waals surface area contributed by atoms with Crippen molar-refractivity contribution in [2.24, 2.45) is 0 Å². The fraction of sp³-hybridized carbons (Fsp3) is 0.143. The standard InChI is InChI=1S/C14H11BrN2O3S/c15-12-6-5-9(21-12)7-16-13(18)8-17-10-3-1-2-4-11(10)20-14(17)19/h1-6H,7-8H2,(H,16,18). The molecule has 108 valence electrons. The SMILES string of the molecule is O=C(Cn1c(=O)oc2ccccc21)NCc1ccc(Br)s1. The summed E-state index contributed by atoms with van der Waals surface area (Å²) in [4.78, 5) is 24.8. The molecular weight excluding hydrogens is 356 g/mol. The molecule has 2 heterocycles. The molecule has 0 saturated heterocycles. The number of amides is 1. The van der Waals surface area contributed by atoms with Gasteiger partial charge >= 0.3 is 5.76 Å². The van der Waals surface area contributed by atoms with Gasteiger partial charge in [-0.25, -0.2) is 4.79 Å². The minimum atomic E-state index is -0.523. The van der Waals surface area contributed by atoms with Crippen LogP contribution in [0.4, 0.5) is 0 Å². The van der Waals surface area contributed by atoms with Gasteiger partial charge in [0.2, 0.25) is 5.91 Å².